The minimum Gasteiger partial charge on any atom is -0.459 e. The Morgan fingerprint density at radius 1 is 1.03 bits per heavy atom. The number of furan rings is 1. The van der Waals surface area contributed by atoms with Crippen LogP contribution in [0.15, 0.2) is 82.4 Å². The minimum atomic E-state index is -3.61. The van der Waals surface area contributed by atoms with Crippen molar-refractivity contribution in [3.63, 3.8) is 0 Å². The van der Waals surface area contributed by atoms with Crippen molar-refractivity contribution < 1.29 is 17.6 Å². The van der Waals surface area contributed by atoms with E-state index in [0.29, 0.717) is 16.6 Å². The van der Waals surface area contributed by atoms with Crippen LogP contribution >= 0.6 is 22.9 Å². The Balaban J connectivity index is 1.47. The van der Waals surface area contributed by atoms with E-state index in [-0.39, 0.29) is 22.0 Å². The van der Waals surface area contributed by atoms with E-state index in [9.17, 15) is 13.2 Å². The van der Waals surface area contributed by atoms with Gasteiger partial charge in [-0.15, -0.1) is 11.3 Å². The second kappa shape index (κ2) is 9.05. The van der Waals surface area contributed by atoms with Crippen LogP contribution in [0.1, 0.15) is 26.6 Å². The summed E-state index contributed by atoms with van der Waals surface area (Å²) in [5.74, 6) is -0.949. The molecule has 0 radical (unpaired) electrons. The summed E-state index contributed by atoms with van der Waals surface area (Å²) in [7, 11) is -3.61. The van der Waals surface area contributed by atoms with E-state index in [2.05, 4.69) is 10.3 Å². The molecule has 158 valence electrons. The summed E-state index contributed by atoms with van der Waals surface area (Å²) in [5.41, 5.74) is 1.25. The number of anilines is 1. The first kappa shape index (κ1) is 21.3. The molecule has 9 heteroatoms. The van der Waals surface area contributed by atoms with Crippen molar-refractivity contribution in [1.29, 1.82) is 0 Å². The van der Waals surface area contributed by atoms with Crippen LogP contribution in [-0.2, 0) is 22.0 Å². The predicted octanol–water partition coefficient (Wildman–Crippen LogP) is 5.21. The molecule has 0 fully saturated rings. The molecule has 2 aromatic heterocycles. The lowest BCUT2D eigenvalue weighted by Gasteiger charge is -2.05. The fourth-order valence-corrected chi connectivity index (χ4v) is 5.40. The number of halogens is 1. The number of hydrogen-bond acceptors (Lipinski definition) is 6. The number of carbonyl (C=O) groups is 1. The van der Waals surface area contributed by atoms with Gasteiger partial charge in [0.05, 0.1) is 16.9 Å². The molecule has 0 aliphatic heterocycles. The van der Waals surface area contributed by atoms with Crippen molar-refractivity contribution in [1.82, 2.24) is 4.98 Å². The molecular weight excluding hydrogens is 456 g/mol. The minimum absolute atomic E-state index is 0.0534. The van der Waals surface area contributed by atoms with Gasteiger partial charge in [0.15, 0.2) is 20.7 Å². The molecule has 31 heavy (non-hydrogen) atoms. The Morgan fingerprint density at radius 2 is 1.77 bits per heavy atom. The van der Waals surface area contributed by atoms with Crippen molar-refractivity contribution in [3.8, 4) is 0 Å². The van der Waals surface area contributed by atoms with E-state index in [0.717, 1.165) is 10.4 Å². The van der Waals surface area contributed by atoms with Gasteiger partial charge < -0.3 is 4.42 Å². The third-order valence-electron chi connectivity index (χ3n) is 4.50. The number of hydrogen-bond donors (Lipinski definition) is 1. The highest BCUT2D eigenvalue weighted by Crippen LogP contribution is 2.26. The van der Waals surface area contributed by atoms with Crippen LogP contribution in [0.2, 0.25) is 5.02 Å². The van der Waals surface area contributed by atoms with Gasteiger partial charge in [-0.2, -0.15) is 0 Å². The molecule has 1 amide bonds. The quantitative estimate of drug-likeness (QED) is 0.399. The van der Waals surface area contributed by atoms with E-state index >= 15 is 0 Å². The third kappa shape index (κ3) is 5.04. The first-order valence-corrected chi connectivity index (χ1v) is 12.1. The standard InChI is InChI=1S/C22H17ClN2O4S2/c23-19-9-5-4-6-15(19)12-17-13-24-22(30-17)25-21(26)20-16(10-11-29-20)14-31(27,28)18-7-2-1-3-8-18/h1-11,13H,12,14H2,(H,24,25,26). The number of aromatic nitrogens is 1. The zero-order valence-corrected chi connectivity index (χ0v) is 18.5. The van der Waals surface area contributed by atoms with Crippen LogP contribution in [-0.4, -0.2) is 19.3 Å². The Kier molecular flexibility index (Phi) is 6.22. The number of benzene rings is 2. The van der Waals surface area contributed by atoms with E-state index in [1.54, 1.807) is 24.4 Å². The van der Waals surface area contributed by atoms with Gasteiger partial charge in [0.25, 0.3) is 5.91 Å². The van der Waals surface area contributed by atoms with Gasteiger partial charge in [0.2, 0.25) is 0 Å². The highest BCUT2D eigenvalue weighted by Gasteiger charge is 2.23. The monoisotopic (exact) mass is 472 g/mol. The first-order chi connectivity index (χ1) is 14.9. The summed E-state index contributed by atoms with van der Waals surface area (Å²) < 4.78 is 30.6. The zero-order valence-electron chi connectivity index (χ0n) is 16.1. The largest absolute Gasteiger partial charge is 0.459 e. The normalized spacial score (nSPS) is 11.4. The van der Waals surface area contributed by atoms with Crippen LogP contribution in [0.5, 0.6) is 0 Å². The third-order valence-corrected chi connectivity index (χ3v) is 7.46. The molecule has 2 heterocycles. The second-order valence-corrected chi connectivity index (χ2v) is 10.2. The lowest BCUT2D eigenvalue weighted by Crippen LogP contribution is -2.14. The molecule has 0 saturated carbocycles. The van der Waals surface area contributed by atoms with Crippen molar-refractivity contribution in [2.45, 2.75) is 17.1 Å². The summed E-state index contributed by atoms with van der Waals surface area (Å²) >= 11 is 7.52. The summed E-state index contributed by atoms with van der Waals surface area (Å²) in [6, 6.07) is 17.1. The number of rotatable bonds is 7. The van der Waals surface area contributed by atoms with Crippen LogP contribution in [0.25, 0.3) is 0 Å². The topological polar surface area (TPSA) is 89.3 Å². The molecule has 0 atom stereocenters. The average Bonchev–Trinajstić information content (AvgIpc) is 3.39. The predicted molar refractivity (Wildman–Crippen MR) is 120 cm³/mol. The average molecular weight is 473 g/mol. The van der Waals surface area contributed by atoms with Crippen LogP contribution in [0.3, 0.4) is 0 Å². The molecule has 4 aromatic rings. The van der Waals surface area contributed by atoms with Crippen molar-refractivity contribution in [2.24, 2.45) is 0 Å². The Bertz CT molecular complexity index is 1310. The van der Waals surface area contributed by atoms with Crippen LogP contribution < -0.4 is 5.32 Å². The Hall–Kier alpha value is -2.94. The SMILES string of the molecule is O=C(Nc1ncc(Cc2ccccc2Cl)s1)c1occc1CS(=O)(=O)c1ccccc1. The maximum Gasteiger partial charge on any atom is 0.293 e. The smallest absolute Gasteiger partial charge is 0.293 e. The molecule has 6 nitrogen and oxygen atoms in total. The van der Waals surface area contributed by atoms with Gasteiger partial charge in [0, 0.05) is 28.1 Å². The van der Waals surface area contributed by atoms with Crippen LogP contribution in [0, 0.1) is 0 Å². The summed E-state index contributed by atoms with van der Waals surface area (Å²) in [6.45, 7) is 0. The van der Waals surface area contributed by atoms with E-state index in [1.807, 2.05) is 24.3 Å². The van der Waals surface area contributed by atoms with Gasteiger partial charge in [-0.1, -0.05) is 48.0 Å². The molecular formula is C22H17ClN2O4S2. The molecule has 2 aromatic carbocycles. The maximum atomic E-state index is 12.7. The highest BCUT2D eigenvalue weighted by molar-refractivity contribution is 7.90. The van der Waals surface area contributed by atoms with Gasteiger partial charge in [-0.05, 0) is 29.8 Å². The van der Waals surface area contributed by atoms with Crippen molar-refractivity contribution in [3.05, 3.63) is 99.9 Å². The number of nitrogens with one attached hydrogen (secondary N) is 1. The van der Waals surface area contributed by atoms with E-state index < -0.39 is 15.7 Å². The fourth-order valence-electron chi connectivity index (χ4n) is 2.99. The molecule has 0 spiro atoms. The van der Waals surface area contributed by atoms with Gasteiger partial charge in [-0.25, -0.2) is 13.4 Å². The Labute approximate surface area is 188 Å². The highest BCUT2D eigenvalue weighted by atomic mass is 35.5. The lowest BCUT2D eigenvalue weighted by molar-refractivity contribution is 0.0995. The summed E-state index contributed by atoms with van der Waals surface area (Å²) in [5, 5.41) is 3.74. The number of carbonyl (C=O) groups excluding carboxylic acids is 1. The summed E-state index contributed by atoms with van der Waals surface area (Å²) in [4.78, 5) is 18.0. The number of thiazole rings is 1. The molecule has 0 unspecified atom stereocenters. The number of amides is 1. The van der Waals surface area contributed by atoms with Gasteiger partial charge >= 0.3 is 0 Å². The molecule has 0 aliphatic rings. The van der Waals surface area contributed by atoms with Crippen molar-refractivity contribution >= 4 is 43.8 Å². The maximum absolute atomic E-state index is 12.7. The lowest BCUT2D eigenvalue weighted by atomic mass is 10.1. The molecule has 4 rings (SSSR count). The summed E-state index contributed by atoms with van der Waals surface area (Å²) in [6.07, 6.45) is 3.57. The van der Waals surface area contributed by atoms with Crippen molar-refractivity contribution in [2.75, 3.05) is 5.32 Å². The molecule has 0 bridgehead atoms. The van der Waals surface area contributed by atoms with Crippen LogP contribution in [0.4, 0.5) is 5.13 Å². The molecule has 1 N–H and O–H groups in total. The van der Waals surface area contributed by atoms with E-state index in [4.69, 9.17) is 16.0 Å². The first-order valence-electron chi connectivity index (χ1n) is 9.26. The zero-order chi connectivity index (χ0) is 21.8. The van der Waals surface area contributed by atoms with Gasteiger partial charge in [0.1, 0.15) is 0 Å². The number of sulfone groups is 1. The van der Waals surface area contributed by atoms with Gasteiger partial charge in [-0.3, -0.25) is 10.1 Å². The molecule has 0 aliphatic carbocycles. The van der Waals surface area contributed by atoms with E-state index in [1.165, 1.54) is 35.8 Å². The second-order valence-electron chi connectivity index (χ2n) is 6.70. The fraction of sp³-hybridized carbons (Fsp3) is 0.0909. The Morgan fingerprint density at radius 3 is 2.55 bits per heavy atom. The molecule has 0 saturated heterocycles. The number of nitrogens with zero attached hydrogens (tertiary/aromatic N) is 1.